The van der Waals surface area contributed by atoms with E-state index in [0.717, 1.165) is 16.9 Å². The predicted octanol–water partition coefficient (Wildman–Crippen LogP) is 3.03. The van der Waals surface area contributed by atoms with Gasteiger partial charge in [-0.2, -0.15) is 0 Å². The van der Waals surface area contributed by atoms with Gasteiger partial charge < -0.3 is 20.4 Å². The normalized spacial score (nSPS) is 10.1. The second-order valence-corrected chi connectivity index (χ2v) is 6.15. The van der Waals surface area contributed by atoms with E-state index < -0.39 is 0 Å². The van der Waals surface area contributed by atoms with Crippen LogP contribution in [0.2, 0.25) is 0 Å². The molecule has 6 heteroatoms. The largest absolute Gasteiger partial charge is 0.376 e. The van der Waals surface area contributed by atoms with Crippen LogP contribution >= 0.6 is 0 Å². The molecule has 0 atom stereocenters. The van der Waals surface area contributed by atoms with Crippen molar-refractivity contribution in [1.82, 2.24) is 4.90 Å². The number of rotatable bonds is 5. The second-order valence-electron chi connectivity index (χ2n) is 6.15. The Morgan fingerprint density at radius 1 is 0.880 bits per heavy atom. The number of anilines is 3. The first-order valence-corrected chi connectivity index (χ1v) is 8.00. The molecule has 0 heterocycles. The van der Waals surface area contributed by atoms with Gasteiger partial charge in [0.25, 0.3) is 0 Å². The van der Waals surface area contributed by atoms with Gasteiger partial charge in [-0.25, -0.2) is 4.79 Å². The van der Waals surface area contributed by atoms with Crippen LogP contribution < -0.4 is 15.5 Å². The number of para-hydroxylation sites is 2. The van der Waals surface area contributed by atoms with Gasteiger partial charge in [-0.1, -0.05) is 24.3 Å². The number of nitrogens with zero attached hydrogens (tertiary/aromatic N) is 2. The minimum atomic E-state index is -0.314. The summed E-state index contributed by atoms with van der Waals surface area (Å²) in [7, 11) is 7.31. The summed E-state index contributed by atoms with van der Waals surface area (Å²) < 4.78 is 0. The molecule has 2 rings (SSSR count). The fourth-order valence-electron chi connectivity index (χ4n) is 2.29. The van der Waals surface area contributed by atoms with Gasteiger partial charge >= 0.3 is 6.03 Å². The molecule has 0 aliphatic heterocycles. The highest BCUT2D eigenvalue weighted by Crippen LogP contribution is 2.23. The number of likely N-dealkylation sites (N-methyl/N-ethyl adjacent to an activating group) is 1. The Bertz CT molecular complexity index is 739. The Kier molecular flexibility index (Phi) is 6.00. The molecule has 0 saturated carbocycles. The lowest BCUT2D eigenvalue weighted by molar-refractivity contribution is -0.127. The average Bonchev–Trinajstić information content (AvgIpc) is 2.56. The molecule has 0 spiro atoms. The van der Waals surface area contributed by atoms with Gasteiger partial charge in [0.05, 0.1) is 17.8 Å². The minimum absolute atomic E-state index is 0.0405. The van der Waals surface area contributed by atoms with E-state index in [4.69, 9.17) is 0 Å². The smallest absolute Gasteiger partial charge is 0.323 e. The molecule has 2 aromatic carbocycles. The highest BCUT2D eigenvalue weighted by atomic mass is 16.2. The van der Waals surface area contributed by atoms with E-state index in [-0.39, 0.29) is 11.9 Å². The average molecular weight is 340 g/mol. The first-order valence-electron chi connectivity index (χ1n) is 8.00. The van der Waals surface area contributed by atoms with Crippen molar-refractivity contribution in [3.05, 3.63) is 54.1 Å². The Balaban J connectivity index is 1.98. The third-order valence-electron chi connectivity index (χ3n) is 3.70. The van der Waals surface area contributed by atoms with E-state index in [9.17, 15) is 9.59 Å². The van der Waals surface area contributed by atoms with E-state index >= 15 is 0 Å². The van der Waals surface area contributed by atoms with E-state index in [1.165, 1.54) is 0 Å². The fraction of sp³-hybridized carbons (Fsp3) is 0.263. The van der Waals surface area contributed by atoms with Crippen LogP contribution in [0, 0.1) is 0 Å². The molecule has 0 aliphatic rings. The molecule has 0 radical (unpaired) electrons. The number of carbonyl (C=O) groups is 2. The number of carbonyl (C=O) groups excluding carboxylic acids is 2. The third kappa shape index (κ3) is 5.24. The van der Waals surface area contributed by atoms with Gasteiger partial charge in [-0.3, -0.25) is 4.79 Å². The fourth-order valence-corrected chi connectivity index (χ4v) is 2.29. The van der Waals surface area contributed by atoms with Crippen LogP contribution in [-0.2, 0) is 11.2 Å². The third-order valence-corrected chi connectivity index (χ3v) is 3.70. The predicted molar refractivity (Wildman–Crippen MR) is 102 cm³/mol. The van der Waals surface area contributed by atoms with Crippen molar-refractivity contribution in [2.45, 2.75) is 6.42 Å². The van der Waals surface area contributed by atoms with Crippen molar-refractivity contribution < 1.29 is 9.59 Å². The van der Waals surface area contributed by atoms with Crippen molar-refractivity contribution in [2.24, 2.45) is 0 Å². The van der Waals surface area contributed by atoms with Crippen LogP contribution in [0.5, 0.6) is 0 Å². The number of urea groups is 1. The van der Waals surface area contributed by atoms with Crippen LogP contribution in [0.1, 0.15) is 5.56 Å². The lowest BCUT2D eigenvalue weighted by Gasteiger charge is -2.18. The first kappa shape index (κ1) is 18.3. The molecule has 0 saturated heterocycles. The molecular weight excluding hydrogens is 316 g/mol. The molecular formula is C19H24N4O2. The van der Waals surface area contributed by atoms with Crippen molar-refractivity contribution >= 4 is 29.0 Å². The molecule has 6 nitrogen and oxygen atoms in total. The minimum Gasteiger partial charge on any atom is -0.376 e. The second kappa shape index (κ2) is 8.19. The van der Waals surface area contributed by atoms with Gasteiger partial charge in [0.2, 0.25) is 5.91 Å². The Labute approximate surface area is 148 Å². The summed E-state index contributed by atoms with van der Waals surface area (Å²) in [6, 6.07) is 14.5. The van der Waals surface area contributed by atoms with E-state index in [1.54, 1.807) is 31.1 Å². The molecule has 3 amide bonds. The lowest BCUT2D eigenvalue weighted by Crippen LogP contribution is -2.23. The quantitative estimate of drug-likeness (QED) is 0.879. The molecule has 2 N–H and O–H groups in total. The molecule has 25 heavy (non-hydrogen) atoms. The Morgan fingerprint density at radius 3 is 2.12 bits per heavy atom. The monoisotopic (exact) mass is 340 g/mol. The zero-order valence-corrected chi connectivity index (χ0v) is 15.0. The summed E-state index contributed by atoms with van der Waals surface area (Å²) in [6.07, 6.45) is 0.343. The van der Waals surface area contributed by atoms with Gasteiger partial charge in [-0.05, 0) is 29.8 Å². The summed E-state index contributed by atoms with van der Waals surface area (Å²) in [5, 5.41) is 5.65. The molecule has 0 fully saturated rings. The van der Waals surface area contributed by atoms with Crippen molar-refractivity contribution in [3.63, 3.8) is 0 Å². The highest BCUT2D eigenvalue weighted by molar-refractivity contribution is 6.01. The highest BCUT2D eigenvalue weighted by Gasteiger charge is 2.09. The van der Waals surface area contributed by atoms with Crippen molar-refractivity contribution in [3.8, 4) is 0 Å². The van der Waals surface area contributed by atoms with Gasteiger partial charge in [0, 0.05) is 33.9 Å². The summed E-state index contributed by atoms with van der Waals surface area (Å²) >= 11 is 0. The number of benzene rings is 2. The molecule has 0 unspecified atom stereocenters. The zero-order chi connectivity index (χ0) is 18.4. The van der Waals surface area contributed by atoms with Gasteiger partial charge in [-0.15, -0.1) is 0 Å². The van der Waals surface area contributed by atoms with Crippen LogP contribution in [-0.4, -0.2) is 45.0 Å². The summed E-state index contributed by atoms with van der Waals surface area (Å²) in [6.45, 7) is 0. The zero-order valence-electron chi connectivity index (χ0n) is 15.0. The molecule has 132 valence electrons. The molecule has 2 aromatic rings. The topological polar surface area (TPSA) is 64.7 Å². The summed E-state index contributed by atoms with van der Waals surface area (Å²) in [5.74, 6) is 0.0405. The summed E-state index contributed by atoms with van der Waals surface area (Å²) in [5.41, 5.74) is 3.23. The van der Waals surface area contributed by atoms with Crippen molar-refractivity contribution in [2.75, 3.05) is 43.7 Å². The molecule has 0 aromatic heterocycles. The first-order chi connectivity index (χ1) is 11.9. The van der Waals surface area contributed by atoms with E-state index in [2.05, 4.69) is 10.6 Å². The number of nitrogens with one attached hydrogen (secondary N) is 2. The lowest BCUT2D eigenvalue weighted by atomic mass is 10.1. The molecule has 0 aliphatic carbocycles. The number of hydrogen-bond donors (Lipinski definition) is 2. The van der Waals surface area contributed by atoms with E-state index in [1.807, 2.05) is 55.4 Å². The van der Waals surface area contributed by atoms with Crippen LogP contribution in [0.3, 0.4) is 0 Å². The van der Waals surface area contributed by atoms with Gasteiger partial charge in [0.1, 0.15) is 0 Å². The maximum absolute atomic E-state index is 12.2. The van der Waals surface area contributed by atoms with Crippen molar-refractivity contribution in [1.29, 1.82) is 0 Å². The van der Waals surface area contributed by atoms with Crippen LogP contribution in [0.4, 0.5) is 21.9 Å². The van der Waals surface area contributed by atoms with Gasteiger partial charge in [0.15, 0.2) is 0 Å². The SMILES string of the molecule is CN(C)C(=O)Cc1ccc(NC(=O)Nc2ccccc2N(C)C)cc1. The summed E-state index contributed by atoms with van der Waals surface area (Å²) in [4.78, 5) is 27.4. The Morgan fingerprint density at radius 2 is 1.52 bits per heavy atom. The Hall–Kier alpha value is -3.02. The van der Waals surface area contributed by atoms with Crippen LogP contribution in [0.25, 0.3) is 0 Å². The standard InChI is InChI=1S/C19H24N4O2/c1-22(2)17-8-6-5-7-16(17)21-19(25)20-15-11-9-14(10-12-15)13-18(24)23(3)4/h5-12H,13H2,1-4H3,(H2,20,21,25). The number of hydrogen-bond acceptors (Lipinski definition) is 3. The maximum Gasteiger partial charge on any atom is 0.323 e. The van der Waals surface area contributed by atoms with E-state index in [0.29, 0.717) is 12.1 Å². The molecule has 0 bridgehead atoms. The maximum atomic E-state index is 12.2. The van der Waals surface area contributed by atoms with Crippen LogP contribution in [0.15, 0.2) is 48.5 Å². The number of amides is 3.